The third kappa shape index (κ3) is 6.84. The van der Waals surface area contributed by atoms with E-state index in [2.05, 4.69) is 15.4 Å². The number of aliphatic hydroxyl groups excluding tert-OH is 1. The number of rotatable bonds is 6. The van der Waals surface area contributed by atoms with Crippen molar-refractivity contribution in [1.29, 1.82) is 0 Å². The zero-order valence-electron chi connectivity index (χ0n) is 11.4. The molecule has 0 saturated carbocycles. The minimum atomic E-state index is -4.42. The molecule has 0 heterocycles. The van der Waals surface area contributed by atoms with Crippen LogP contribution in [0.4, 0.5) is 23.7 Å². The monoisotopic (exact) mass is 306 g/mol. The normalized spacial score (nSPS) is 12.6. The molecular weight excluding hydrogens is 289 g/mol. The smallest absolute Gasteiger partial charge is 0.422 e. The Morgan fingerprint density at radius 3 is 2.71 bits per heavy atom. The summed E-state index contributed by atoms with van der Waals surface area (Å²) in [4.78, 5) is 11.6. The molecule has 21 heavy (non-hydrogen) atoms. The molecule has 3 N–H and O–H groups in total. The van der Waals surface area contributed by atoms with Gasteiger partial charge in [-0.15, -0.1) is 0 Å². The highest BCUT2D eigenvalue weighted by Gasteiger charge is 2.28. The molecule has 5 nitrogen and oxygen atoms in total. The molecule has 0 fully saturated rings. The topological polar surface area (TPSA) is 70.6 Å². The first-order valence-electron chi connectivity index (χ1n) is 6.32. The second-order valence-electron chi connectivity index (χ2n) is 4.32. The third-order valence-electron chi connectivity index (χ3n) is 2.54. The molecule has 0 aliphatic rings. The predicted octanol–water partition coefficient (Wildman–Crippen LogP) is 2.52. The van der Waals surface area contributed by atoms with Crippen LogP contribution in [0.25, 0.3) is 0 Å². The largest absolute Gasteiger partial charge is 0.484 e. The van der Waals surface area contributed by atoms with E-state index in [4.69, 9.17) is 5.11 Å². The van der Waals surface area contributed by atoms with Gasteiger partial charge in [0.15, 0.2) is 6.61 Å². The van der Waals surface area contributed by atoms with Crippen LogP contribution in [-0.2, 0) is 0 Å². The summed E-state index contributed by atoms with van der Waals surface area (Å²) in [6.45, 7) is 0.205. The lowest BCUT2D eigenvalue weighted by Gasteiger charge is -2.15. The molecule has 0 radical (unpaired) electrons. The van der Waals surface area contributed by atoms with Crippen molar-refractivity contribution >= 4 is 11.7 Å². The molecule has 0 aliphatic carbocycles. The van der Waals surface area contributed by atoms with E-state index in [0.29, 0.717) is 12.1 Å². The SMILES string of the molecule is CCC(CO)NC(=O)Nc1cccc(OCC(F)(F)F)c1. The van der Waals surface area contributed by atoms with Crippen molar-refractivity contribution in [2.45, 2.75) is 25.6 Å². The first-order valence-corrected chi connectivity index (χ1v) is 6.32. The minimum Gasteiger partial charge on any atom is -0.484 e. The number of carbonyl (C=O) groups excluding carboxylic acids is 1. The molecule has 0 aromatic heterocycles. The molecular formula is C13H17F3N2O3. The van der Waals surface area contributed by atoms with Crippen molar-refractivity contribution in [3.63, 3.8) is 0 Å². The Morgan fingerprint density at radius 1 is 1.43 bits per heavy atom. The number of carbonyl (C=O) groups is 1. The number of hydrogen-bond donors (Lipinski definition) is 3. The van der Waals surface area contributed by atoms with Crippen molar-refractivity contribution in [2.75, 3.05) is 18.5 Å². The molecule has 8 heteroatoms. The second-order valence-corrected chi connectivity index (χ2v) is 4.32. The van der Waals surface area contributed by atoms with Crippen LogP contribution >= 0.6 is 0 Å². The number of aliphatic hydroxyl groups is 1. The van der Waals surface area contributed by atoms with E-state index in [1.165, 1.54) is 24.3 Å². The lowest BCUT2D eigenvalue weighted by atomic mass is 10.2. The van der Waals surface area contributed by atoms with Gasteiger partial charge in [-0.3, -0.25) is 0 Å². The molecule has 0 saturated heterocycles. The van der Waals surface area contributed by atoms with E-state index in [1.54, 1.807) is 6.92 Å². The Bertz CT molecular complexity index is 462. The summed E-state index contributed by atoms with van der Waals surface area (Å²) in [6, 6.07) is 4.69. The quantitative estimate of drug-likeness (QED) is 0.756. The molecule has 118 valence electrons. The maximum Gasteiger partial charge on any atom is 0.422 e. The number of nitrogens with one attached hydrogen (secondary N) is 2. The Hall–Kier alpha value is -1.96. The maximum absolute atomic E-state index is 12.0. The van der Waals surface area contributed by atoms with Crippen LogP contribution in [0.2, 0.25) is 0 Å². The number of anilines is 1. The van der Waals surface area contributed by atoms with Crippen molar-refractivity contribution < 1.29 is 27.8 Å². The molecule has 1 aromatic carbocycles. The fourth-order valence-electron chi connectivity index (χ4n) is 1.46. The van der Waals surface area contributed by atoms with Crippen LogP contribution in [0, 0.1) is 0 Å². The Balaban J connectivity index is 2.58. The van der Waals surface area contributed by atoms with Crippen molar-refractivity contribution in [1.82, 2.24) is 5.32 Å². The lowest BCUT2D eigenvalue weighted by Crippen LogP contribution is -2.39. The first-order chi connectivity index (χ1) is 9.84. The molecule has 1 aromatic rings. The Morgan fingerprint density at radius 2 is 2.14 bits per heavy atom. The number of alkyl halides is 3. The fraction of sp³-hybridized carbons (Fsp3) is 0.462. The zero-order valence-corrected chi connectivity index (χ0v) is 11.4. The van der Waals surface area contributed by atoms with Crippen molar-refractivity contribution in [3.05, 3.63) is 24.3 Å². The van der Waals surface area contributed by atoms with Gasteiger partial charge in [-0.25, -0.2) is 4.79 Å². The van der Waals surface area contributed by atoms with Crippen molar-refractivity contribution in [2.24, 2.45) is 0 Å². The molecule has 1 atom stereocenters. The second kappa shape index (κ2) is 7.72. The van der Waals surface area contributed by atoms with Gasteiger partial charge in [0.1, 0.15) is 5.75 Å². The van der Waals surface area contributed by atoms with Crippen LogP contribution in [-0.4, -0.2) is 36.6 Å². The number of benzene rings is 1. The summed E-state index contributed by atoms with van der Waals surface area (Å²) in [5.74, 6) is -0.000625. The summed E-state index contributed by atoms with van der Waals surface area (Å²) in [7, 11) is 0. The summed E-state index contributed by atoms with van der Waals surface area (Å²) < 4.78 is 40.7. The molecule has 1 unspecified atom stereocenters. The maximum atomic E-state index is 12.0. The minimum absolute atomic E-state index is 0.000625. The molecule has 0 bridgehead atoms. The van der Waals surface area contributed by atoms with Gasteiger partial charge in [0.05, 0.1) is 12.6 Å². The van der Waals surface area contributed by atoms with Gasteiger partial charge < -0.3 is 20.5 Å². The number of urea groups is 1. The number of amides is 2. The van der Waals surface area contributed by atoms with Crippen molar-refractivity contribution in [3.8, 4) is 5.75 Å². The summed E-state index contributed by atoms with van der Waals surface area (Å²) in [5.41, 5.74) is 0.292. The van der Waals surface area contributed by atoms with Gasteiger partial charge in [-0.2, -0.15) is 13.2 Å². The lowest BCUT2D eigenvalue weighted by molar-refractivity contribution is -0.153. The predicted molar refractivity (Wildman–Crippen MR) is 71.3 cm³/mol. The van der Waals surface area contributed by atoms with Gasteiger partial charge in [0.25, 0.3) is 0 Å². The Kier molecular flexibility index (Phi) is 6.29. The summed E-state index contributed by atoms with van der Waals surface area (Å²) >= 11 is 0. The average molecular weight is 306 g/mol. The Labute approximate surface area is 120 Å². The molecule has 0 aliphatic heterocycles. The highest BCUT2D eigenvalue weighted by atomic mass is 19.4. The summed E-state index contributed by atoms with van der Waals surface area (Å²) in [5, 5.41) is 13.9. The van der Waals surface area contributed by atoms with Crippen LogP contribution in [0.3, 0.4) is 0 Å². The number of halogens is 3. The summed E-state index contributed by atoms with van der Waals surface area (Å²) in [6.07, 6.45) is -3.87. The third-order valence-corrected chi connectivity index (χ3v) is 2.54. The van der Waals surface area contributed by atoms with E-state index in [0.717, 1.165) is 0 Å². The van der Waals surface area contributed by atoms with Gasteiger partial charge in [-0.1, -0.05) is 13.0 Å². The number of hydrogen-bond acceptors (Lipinski definition) is 3. The van der Waals surface area contributed by atoms with Crippen LogP contribution in [0.15, 0.2) is 24.3 Å². The van der Waals surface area contributed by atoms with E-state index >= 15 is 0 Å². The zero-order chi connectivity index (χ0) is 15.9. The van der Waals surface area contributed by atoms with Gasteiger partial charge in [0.2, 0.25) is 0 Å². The van der Waals surface area contributed by atoms with E-state index in [1.807, 2.05) is 0 Å². The highest BCUT2D eigenvalue weighted by Crippen LogP contribution is 2.21. The van der Waals surface area contributed by atoms with Gasteiger partial charge >= 0.3 is 12.2 Å². The average Bonchev–Trinajstić information content (AvgIpc) is 2.42. The fourth-order valence-corrected chi connectivity index (χ4v) is 1.46. The standard InChI is InChI=1S/C13H17F3N2O3/c1-2-9(7-19)17-12(20)18-10-4-3-5-11(6-10)21-8-13(14,15)16/h3-6,9,19H,2,7-8H2,1H3,(H2,17,18,20). The van der Waals surface area contributed by atoms with Gasteiger partial charge in [-0.05, 0) is 18.6 Å². The first kappa shape index (κ1) is 17.1. The van der Waals surface area contributed by atoms with E-state index in [9.17, 15) is 18.0 Å². The van der Waals surface area contributed by atoms with Crippen LogP contribution in [0.1, 0.15) is 13.3 Å². The van der Waals surface area contributed by atoms with Gasteiger partial charge in [0, 0.05) is 11.8 Å². The highest BCUT2D eigenvalue weighted by molar-refractivity contribution is 5.89. The number of ether oxygens (including phenoxy) is 1. The molecule has 1 rings (SSSR count). The van der Waals surface area contributed by atoms with Crippen LogP contribution < -0.4 is 15.4 Å². The molecule has 2 amide bonds. The van der Waals surface area contributed by atoms with E-state index in [-0.39, 0.29) is 18.4 Å². The molecule has 0 spiro atoms. The van der Waals surface area contributed by atoms with E-state index < -0.39 is 18.8 Å². The van der Waals surface area contributed by atoms with Crippen LogP contribution in [0.5, 0.6) is 5.75 Å².